The maximum absolute atomic E-state index is 8.74. The van der Waals surface area contributed by atoms with Gasteiger partial charge in [-0.15, -0.1) is 0 Å². The van der Waals surface area contributed by atoms with Crippen molar-refractivity contribution in [1.82, 2.24) is 12.3 Å². The largest absolute Gasteiger partial charge is 0.394 e. The molecule has 0 unspecified atom stereocenters. The highest BCUT2D eigenvalue weighted by molar-refractivity contribution is 7.79. The Kier molecular flexibility index (Phi) is 37.7. The average molecular weight is 485 g/mol. The summed E-state index contributed by atoms with van der Waals surface area (Å²) in [5, 5.41) is 23.6. The van der Waals surface area contributed by atoms with Crippen LogP contribution < -0.4 is 12.3 Å². The standard InChI is InChI=1S/C16H32O8.2H3N.H2O4S/c1-3-5-6-7-8-9-10-11-12-13-14-15-16-18-20-22-24-23-21-19-17-4-2;;;1-5(2,3)4/h4H,2-3,5-16H2,1H3;2*1H3;(H2,1,2,3,4). The van der Waals surface area contributed by atoms with Crippen LogP contribution in [0.25, 0.3) is 0 Å². The van der Waals surface area contributed by atoms with Crippen molar-refractivity contribution in [2.45, 2.75) is 84.0 Å². The fourth-order valence-electron chi connectivity index (χ4n) is 2.14. The van der Waals surface area contributed by atoms with Gasteiger partial charge < -0.3 is 17.2 Å². The maximum Gasteiger partial charge on any atom is 0.394 e. The van der Waals surface area contributed by atoms with E-state index in [2.05, 4.69) is 53.5 Å². The third-order valence-electron chi connectivity index (χ3n) is 3.38. The second kappa shape index (κ2) is 31.2. The van der Waals surface area contributed by atoms with Gasteiger partial charge in [0, 0.05) is 15.1 Å². The molecule has 15 heteroatoms. The molecule has 0 amide bonds. The molecule has 0 aromatic rings. The molecule has 0 saturated heterocycles. The molecule has 0 bridgehead atoms. The van der Waals surface area contributed by atoms with Crippen LogP contribution in [0.1, 0.15) is 84.0 Å². The van der Waals surface area contributed by atoms with Gasteiger partial charge >= 0.3 is 10.4 Å². The van der Waals surface area contributed by atoms with E-state index < -0.39 is 10.4 Å². The molecule has 0 spiro atoms. The zero-order valence-electron chi connectivity index (χ0n) is 18.3. The molecular formula is C16H40N2O12S. The Morgan fingerprint density at radius 3 is 1.45 bits per heavy atom. The number of rotatable bonds is 21. The Hall–Kier alpha value is -0.950. The Labute approximate surface area is 184 Å². The molecule has 192 valence electrons. The second-order valence-electron chi connectivity index (χ2n) is 5.83. The average Bonchev–Trinajstić information content (AvgIpc) is 2.65. The summed E-state index contributed by atoms with van der Waals surface area (Å²) in [4.78, 5) is 8.76. The van der Waals surface area contributed by atoms with E-state index in [1.807, 2.05) is 0 Å². The van der Waals surface area contributed by atoms with Crippen molar-refractivity contribution in [2.75, 3.05) is 6.61 Å². The first-order valence-electron chi connectivity index (χ1n) is 9.50. The van der Waals surface area contributed by atoms with Crippen LogP contribution >= 0.6 is 0 Å². The highest BCUT2D eigenvalue weighted by Crippen LogP contribution is 2.11. The van der Waals surface area contributed by atoms with Crippen molar-refractivity contribution in [3.63, 3.8) is 0 Å². The first kappa shape index (κ1) is 37.4. The molecule has 0 aliphatic rings. The van der Waals surface area contributed by atoms with E-state index in [1.54, 1.807) is 0 Å². The molecule has 8 N–H and O–H groups in total. The second-order valence-corrected chi connectivity index (χ2v) is 6.73. The third kappa shape index (κ3) is 52.9. The molecule has 0 fully saturated rings. The Balaban J connectivity index is -0.000000464. The van der Waals surface area contributed by atoms with E-state index in [1.165, 1.54) is 64.2 Å². The van der Waals surface area contributed by atoms with E-state index in [9.17, 15) is 0 Å². The van der Waals surface area contributed by atoms with Crippen LogP contribution in [0.3, 0.4) is 0 Å². The lowest BCUT2D eigenvalue weighted by Gasteiger charge is -2.03. The van der Waals surface area contributed by atoms with E-state index >= 15 is 0 Å². The zero-order valence-corrected chi connectivity index (χ0v) is 19.1. The van der Waals surface area contributed by atoms with E-state index in [0.717, 1.165) is 19.1 Å². The van der Waals surface area contributed by atoms with Crippen LogP contribution in [-0.2, 0) is 50.4 Å². The minimum absolute atomic E-state index is 0. The summed E-state index contributed by atoms with van der Waals surface area (Å²) in [5.41, 5.74) is 0. The summed E-state index contributed by atoms with van der Waals surface area (Å²) in [7, 11) is -4.67. The predicted molar refractivity (Wildman–Crippen MR) is 109 cm³/mol. The molecule has 0 saturated carbocycles. The van der Waals surface area contributed by atoms with Crippen LogP contribution in [0.5, 0.6) is 0 Å². The highest BCUT2D eigenvalue weighted by atomic mass is 32.3. The van der Waals surface area contributed by atoms with Crippen molar-refractivity contribution in [3.8, 4) is 0 Å². The topological polar surface area (TPSA) is 218 Å². The van der Waals surface area contributed by atoms with Gasteiger partial charge in [-0.05, 0) is 21.5 Å². The van der Waals surface area contributed by atoms with Crippen molar-refractivity contribution in [1.29, 1.82) is 0 Å². The Morgan fingerprint density at radius 1 is 0.677 bits per heavy atom. The Morgan fingerprint density at radius 2 is 1.03 bits per heavy atom. The van der Waals surface area contributed by atoms with Gasteiger partial charge in [0.2, 0.25) is 0 Å². The lowest BCUT2D eigenvalue weighted by atomic mass is 10.1. The first-order chi connectivity index (χ1) is 13.9. The molecule has 31 heavy (non-hydrogen) atoms. The summed E-state index contributed by atoms with van der Waals surface area (Å²) < 4.78 is 31.6. The SMILES string of the molecule is C=COOOOOOOOCCCCCCCCCCCCCC.N.N.O=S(=O)(O)O. The van der Waals surface area contributed by atoms with Gasteiger partial charge in [0.15, 0.2) is 0 Å². The van der Waals surface area contributed by atoms with Crippen molar-refractivity contribution < 1.29 is 57.5 Å². The lowest BCUT2D eigenvalue weighted by Crippen LogP contribution is -2.02. The summed E-state index contributed by atoms with van der Waals surface area (Å²) in [6.45, 7) is 5.83. The number of unbranched alkanes of at least 4 members (excludes halogenated alkanes) is 11. The predicted octanol–water partition coefficient (Wildman–Crippen LogP) is 5.04. The molecule has 0 aromatic carbocycles. The molecule has 0 rings (SSSR count). The van der Waals surface area contributed by atoms with Gasteiger partial charge in [0.1, 0.15) is 6.26 Å². The van der Waals surface area contributed by atoms with E-state index in [-0.39, 0.29) is 12.3 Å². The lowest BCUT2D eigenvalue weighted by molar-refractivity contribution is -0.811. The van der Waals surface area contributed by atoms with Crippen LogP contribution in [0.2, 0.25) is 0 Å². The smallest absolute Gasteiger partial charge is 0.344 e. The maximum atomic E-state index is 8.74. The molecule has 14 nitrogen and oxygen atoms in total. The molecule has 0 atom stereocenters. The first-order valence-corrected chi connectivity index (χ1v) is 10.9. The van der Waals surface area contributed by atoms with Gasteiger partial charge in [-0.3, -0.25) is 9.11 Å². The molecular weight excluding hydrogens is 444 g/mol. The molecule has 0 aliphatic heterocycles. The van der Waals surface area contributed by atoms with E-state index in [4.69, 9.17) is 17.5 Å². The fourth-order valence-corrected chi connectivity index (χ4v) is 2.14. The summed E-state index contributed by atoms with van der Waals surface area (Å²) >= 11 is 0. The van der Waals surface area contributed by atoms with Crippen LogP contribution in [-0.4, -0.2) is 24.1 Å². The number of hydrogen-bond donors (Lipinski definition) is 4. The summed E-state index contributed by atoms with van der Waals surface area (Å²) in [6, 6.07) is 0. The van der Waals surface area contributed by atoms with Gasteiger partial charge in [-0.2, -0.15) is 8.42 Å². The molecule has 0 aliphatic carbocycles. The Bertz CT molecular complexity index is 421. The quantitative estimate of drug-likeness (QED) is 0.0551. The van der Waals surface area contributed by atoms with Crippen molar-refractivity contribution >= 4 is 10.4 Å². The van der Waals surface area contributed by atoms with Crippen LogP contribution in [0.15, 0.2) is 12.8 Å². The van der Waals surface area contributed by atoms with Gasteiger partial charge in [-0.1, -0.05) is 84.1 Å². The van der Waals surface area contributed by atoms with Crippen LogP contribution in [0.4, 0.5) is 0 Å². The van der Waals surface area contributed by atoms with Gasteiger partial charge in [0.05, 0.1) is 6.61 Å². The summed E-state index contributed by atoms with van der Waals surface area (Å²) in [5.74, 6) is 0. The molecule has 0 aromatic heterocycles. The molecule has 0 heterocycles. The third-order valence-corrected chi connectivity index (χ3v) is 3.38. The van der Waals surface area contributed by atoms with Gasteiger partial charge in [-0.25, -0.2) is 4.89 Å². The van der Waals surface area contributed by atoms with E-state index in [0.29, 0.717) is 6.61 Å². The van der Waals surface area contributed by atoms with Crippen molar-refractivity contribution in [2.24, 2.45) is 0 Å². The highest BCUT2D eigenvalue weighted by Gasteiger charge is 1.96. The van der Waals surface area contributed by atoms with Gasteiger partial charge in [0.25, 0.3) is 0 Å². The fraction of sp³-hybridized carbons (Fsp3) is 0.875. The molecule has 0 radical (unpaired) electrons. The zero-order chi connectivity index (χ0) is 22.1. The number of hydrogen-bond acceptors (Lipinski definition) is 12. The summed E-state index contributed by atoms with van der Waals surface area (Å²) in [6.07, 6.45) is 16.3. The minimum Gasteiger partial charge on any atom is -0.344 e. The van der Waals surface area contributed by atoms with Crippen molar-refractivity contribution in [3.05, 3.63) is 12.8 Å². The minimum atomic E-state index is -4.67. The normalized spacial score (nSPS) is 10.3. The monoisotopic (exact) mass is 484 g/mol. The van der Waals surface area contributed by atoms with Crippen LogP contribution in [0, 0.1) is 0 Å².